The molecule has 5 heteroatoms. The minimum atomic E-state index is -2.29. The molecule has 0 aliphatic heterocycles. The molecule has 1 fully saturated rings. The SMILES string of the molecule is O=C1C[C@H]2CC(OP(O)O)=C[C@H]2C1. The van der Waals surface area contributed by atoms with Gasteiger partial charge in [0, 0.05) is 19.3 Å². The summed E-state index contributed by atoms with van der Waals surface area (Å²) in [6.07, 6.45) is 3.74. The lowest BCUT2D eigenvalue weighted by Crippen LogP contribution is -1.97. The van der Waals surface area contributed by atoms with Crippen LogP contribution in [0.4, 0.5) is 0 Å². The smallest absolute Gasteiger partial charge is 0.391 e. The zero-order valence-electron chi connectivity index (χ0n) is 7.01. The van der Waals surface area contributed by atoms with E-state index in [-0.39, 0.29) is 5.92 Å². The van der Waals surface area contributed by atoms with Crippen LogP contribution in [0.3, 0.4) is 0 Å². The first-order chi connectivity index (χ1) is 6.15. The van der Waals surface area contributed by atoms with E-state index in [0.717, 1.165) is 0 Å². The van der Waals surface area contributed by atoms with Gasteiger partial charge in [-0.15, -0.1) is 0 Å². The highest BCUT2D eigenvalue weighted by atomic mass is 31.2. The van der Waals surface area contributed by atoms with Crippen LogP contribution in [-0.4, -0.2) is 15.6 Å². The van der Waals surface area contributed by atoms with Crippen molar-refractivity contribution >= 4 is 14.4 Å². The molecular weight excluding hydrogens is 191 g/mol. The fourth-order valence-electron chi connectivity index (χ4n) is 2.11. The van der Waals surface area contributed by atoms with E-state index in [4.69, 9.17) is 14.3 Å². The van der Waals surface area contributed by atoms with Gasteiger partial charge >= 0.3 is 8.60 Å². The highest BCUT2D eigenvalue weighted by molar-refractivity contribution is 7.39. The van der Waals surface area contributed by atoms with Crippen molar-refractivity contribution in [2.75, 3.05) is 0 Å². The Balaban J connectivity index is 1.97. The minimum Gasteiger partial charge on any atom is -0.432 e. The van der Waals surface area contributed by atoms with Crippen LogP contribution in [0.5, 0.6) is 0 Å². The Morgan fingerprint density at radius 2 is 2.15 bits per heavy atom. The second-order valence-corrected chi connectivity index (χ2v) is 4.24. The van der Waals surface area contributed by atoms with Crippen LogP contribution in [0.1, 0.15) is 19.3 Å². The highest BCUT2D eigenvalue weighted by Gasteiger charge is 2.37. The van der Waals surface area contributed by atoms with Crippen LogP contribution in [0, 0.1) is 11.8 Å². The first-order valence-corrected chi connectivity index (χ1v) is 5.40. The minimum absolute atomic E-state index is 0.275. The normalized spacial score (nSPS) is 32.2. The van der Waals surface area contributed by atoms with Gasteiger partial charge in [0.15, 0.2) is 0 Å². The maximum atomic E-state index is 11.0. The molecule has 0 amide bonds. The van der Waals surface area contributed by atoms with Crippen molar-refractivity contribution in [3.63, 3.8) is 0 Å². The van der Waals surface area contributed by atoms with Crippen LogP contribution >= 0.6 is 8.60 Å². The summed E-state index contributed by atoms with van der Waals surface area (Å²) in [5.41, 5.74) is 0. The summed E-state index contributed by atoms with van der Waals surface area (Å²) < 4.78 is 4.81. The maximum absolute atomic E-state index is 11.0. The zero-order valence-corrected chi connectivity index (χ0v) is 7.91. The summed E-state index contributed by atoms with van der Waals surface area (Å²) in [5, 5.41) is 0. The van der Waals surface area contributed by atoms with E-state index < -0.39 is 8.60 Å². The van der Waals surface area contributed by atoms with Gasteiger partial charge in [-0.3, -0.25) is 4.79 Å². The average Bonchev–Trinajstić information content (AvgIpc) is 2.41. The van der Waals surface area contributed by atoms with Gasteiger partial charge in [0.1, 0.15) is 11.5 Å². The lowest BCUT2D eigenvalue weighted by atomic mass is 10.0. The summed E-state index contributed by atoms with van der Waals surface area (Å²) in [6.45, 7) is 0. The van der Waals surface area contributed by atoms with Crippen LogP contribution in [0.25, 0.3) is 0 Å². The van der Waals surface area contributed by atoms with Crippen molar-refractivity contribution in [3.8, 4) is 0 Å². The summed E-state index contributed by atoms with van der Waals surface area (Å²) in [5.74, 6) is 1.56. The predicted octanol–water partition coefficient (Wildman–Crippen LogP) is 1.10. The van der Waals surface area contributed by atoms with Crippen LogP contribution in [0.15, 0.2) is 11.8 Å². The van der Waals surface area contributed by atoms with Crippen molar-refractivity contribution in [1.29, 1.82) is 0 Å². The van der Waals surface area contributed by atoms with Gasteiger partial charge in [0.25, 0.3) is 0 Å². The molecule has 0 heterocycles. The van der Waals surface area contributed by atoms with E-state index in [2.05, 4.69) is 0 Å². The number of hydrogen-bond acceptors (Lipinski definition) is 4. The molecule has 2 rings (SSSR count). The van der Waals surface area contributed by atoms with E-state index in [9.17, 15) is 4.79 Å². The standard InChI is InChI=1S/C8H11O4P/c9-7-1-5-3-8(12-13(10)11)4-6(5)2-7/h3,5-6,10-11H,1-2,4H2/t5-,6+/m1/s1. The molecule has 1 saturated carbocycles. The Morgan fingerprint density at radius 1 is 1.38 bits per heavy atom. The molecule has 13 heavy (non-hydrogen) atoms. The average molecular weight is 202 g/mol. The molecule has 0 bridgehead atoms. The zero-order chi connectivity index (χ0) is 9.42. The van der Waals surface area contributed by atoms with E-state index in [1.54, 1.807) is 0 Å². The topological polar surface area (TPSA) is 66.8 Å². The predicted molar refractivity (Wildman–Crippen MR) is 46.4 cm³/mol. The molecule has 72 valence electrons. The molecule has 2 aliphatic rings. The number of fused-ring (bicyclic) bond motifs is 1. The quantitative estimate of drug-likeness (QED) is 0.658. The number of rotatable bonds is 2. The molecule has 2 N–H and O–H groups in total. The summed E-state index contributed by atoms with van der Waals surface area (Å²) in [7, 11) is -2.29. The third-order valence-corrected chi connectivity index (χ3v) is 3.02. The Hall–Kier alpha value is -0.440. The van der Waals surface area contributed by atoms with E-state index in [1.807, 2.05) is 6.08 Å². The van der Waals surface area contributed by atoms with Gasteiger partial charge < -0.3 is 14.3 Å². The first kappa shape index (κ1) is 9.13. The Kier molecular flexibility index (Phi) is 2.37. The molecule has 0 saturated heterocycles. The molecule has 0 unspecified atom stereocenters. The van der Waals surface area contributed by atoms with Crippen LogP contribution in [0.2, 0.25) is 0 Å². The number of hydrogen-bond donors (Lipinski definition) is 2. The molecular formula is C8H11O4P. The second kappa shape index (κ2) is 3.37. The van der Waals surface area contributed by atoms with E-state index in [0.29, 0.717) is 36.7 Å². The molecule has 4 nitrogen and oxygen atoms in total. The van der Waals surface area contributed by atoms with Gasteiger partial charge in [0.2, 0.25) is 0 Å². The Labute approximate surface area is 77.2 Å². The van der Waals surface area contributed by atoms with Gasteiger partial charge in [0.05, 0.1) is 0 Å². The molecule has 2 atom stereocenters. The van der Waals surface area contributed by atoms with Crippen molar-refractivity contribution in [2.24, 2.45) is 11.8 Å². The van der Waals surface area contributed by atoms with Gasteiger partial charge in [-0.1, -0.05) is 0 Å². The van der Waals surface area contributed by atoms with Crippen molar-refractivity contribution in [1.82, 2.24) is 0 Å². The van der Waals surface area contributed by atoms with Gasteiger partial charge in [-0.05, 0) is 17.9 Å². The molecule has 0 aromatic rings. The lowest BCUT2D eigenvalue weighted by molar-refractivity contribution is -0.117. The molecule has 2 aliphatic carbocycles. The summed E-state index contributed by atoms with van der Waals surface area (Å²) in [6, 6.07) is 0. The number of carbonyl (C=O) groups excluding carboxylic acids is 1. The fraction of sp³-hybridized carbons (Fsp3) is 0.625. The fourth-order valence-corrected chi connectivity index (χ4v) is 2.46. The second-order valence-electron chi connectivity index (χ2n) is 3.55. The van der Waals surface area contributed by atoms with Gasteiger partial charge in [-0.2, -0.15) is 0 Å². The number of Topliss-reactive ketones (excluding diaryl/α,β-unsaturated/α-hetero) is 1. The number of allylic oxidation sites excluding steroid dienone is 2. The molecule has 0 spiro atoms. The third-order valence-electron chi connectivity index (χ3n) is 2.62. The van der Waals surface area contributed by atoms with Gasteiger partial charge in [-0.25, -0.2) is 0 Å². The van der Waals surface area contributed by atoms with Crippen LogP contribution in [-0.2, 0) is 9.32 Å². The summed E-state index contributed by atoms with van der Waals surface area (Å²) in [4.78, 5) is 28.3. The third kappa shape index (κ3) is 1.90. The highest BCUT2D eigenvalue weighted by Crippen LogP contribution is 2.44. The van der Waals surface area contributed by atoms with Crippen molar-refractivity contribution in [2.45, 2.75) is 19.3 Å². The van der Waals surface area contributed by atoms with E-state index in [1.165, 1.54) is 0 Å². The molecule has 0 aromatic carbocycles. The Morgan fingerprint density at radius 3 is 2.77 bits per heavy atom. The summed E-state index contributed by atoms with van der Waals surface area (Å²) >= 11 is 0. The lowest BCUT2D eigenvalue weighted by Gasteiger charge is -2.07. The number of carbonyl (C=O) groups is 1. The van der Waals surface area contributed by atoms with Crippen LogP contribution < -0.4 is 0 Å². The molecule has 0 aromatic heterocycles. The Bertz CT molecular complexity index is 261. The molecule has 0 radical (unpaired) electrons. The van der Waals surface area contributed by atoms with Crippen molar-refractivity contribution < 1.29 is 19.1 Å². The monoisotopic (exact) mass is 202 g/mol. The first-order valence-electron chi connectivity index (χ1n) is 4.23. The maximum Gasteiger partial charge on any atom is 0.391 e. The van der Waals surface area contributed by atoms with Crippen molar-refractivity contribution in [3.05, 3.63) is 11.8 Å². The van der Waals surface area contributed by atoms with E-state index >= 15 is 0 Å². The largest absolute Gasteiger partial charge is 0.432 e. The number of ketones is 1.